The Hall–Kier alpha value is -2.97. The Morgan fingerprint density at radius 1 is 0.600 bits per heavy atom. The molecule has 3 aromatic carbocycles. The van der Waals surface area contributed by atoms with Gasteiger partial charge in [-0.2, -0.15) is 0 Å². The second kappa shape index (κ2) is 5.83. The van der Waals surface area contributed by atoms with E-state index in [0.29, 0.717) is 0 Å². The number of hydrogen-bond acceptors (Lipinski definition) is 2. The first-order valence-corrected chi connectivity index (χ1v) is 9.14. The van der Waals surface area contributed by atoms with Gasteiger partial charge in [0.2, 0.25) is 0 Å². The summed E-state index contributed by atoms with van der Waals surface area (Å²) in [6, 6.07) is 29.8. The highest BCUT2D eigenvalue weighted by Crippen LogP contribution is 2.39. The van der Waals surface area contributed by atoms with Crippen LogP contribution in [0.4, 0.5) is 0 Å². The van der Waals surface area contributed by atoms with Crippen LogP contribution in [-0.2, 0) is 0 Å². The Bertz CT molecular complexity index is 1170. The van der Waals surface area contributed by atoms with Crippen molar-refractivity contribution in [1.29, 1.82) is 0 Å². The lowest BCUT2D eigenvalue weighted by Gasteiger charge is -2.05. The maximum absolute atomic E-state index is 4.75. The average molecular weight is 337 g/mol. The molecular formula is C23H15NS. The molecule has 2 aromatic heterocycles. The second-order valence-electron chi connectivity index (χ2n) is 6.08. The molecule has 0 aliphatic heterocycles. The first-order valence-electron chi connectivity index (χ1n) is 8.32. The highest BCUT2D eigenvalue weighted by atomic mass is 32.1. The third-order valence-electron chi connectivity index (χ3n) is 4.55. The van der Waals surface area contributed by atoms with E-state index in [1.54, 1.807) is 0 Å². The van der Waals surface area contributed by atoms with Gasteiger partial charge in [-0.1, -0.05) is 72.8 Å². The summed E-state index contributed by atoms with van der Waals surface area (Å²) in [5, 5.41) is 2.64. The molecule has 2 heterocycles. The molecule has 0 saturated heterocycles. The van der Waals surface area contributed by atoms with E-state index in [2.05, 4.69) is 78.9 Å². The van der Waals surface area contributed by atoms with Gasteiger partial charge in [0.05, 0.1) is 5.69 Å². The van der Waals surface area contributed by atoms with Gasteiger partial charge in [0.15, 0.2) is 0 Å². The Morgan fingerprint density at radius 2 is 1.40 bits per heavy atom. The van der Waals surface area contributed by atoms with Crippen molar-refractivity contribution in [3.05, 3.63) is 91.1 Å². The summed E-state index contributed by atoms with van der Waals surface area (Å²) in [4.78, 5) is 4.75. The van der Waals surface area contributed by atoms with E-state index in [4.69, 9.17) is 4.98 Å². The molecule has 0 fully saturated rings. The first-order chi connectivity index (χ1) is 12.4. The summed E-state index contributed by atoms with van der Waals surface area (Å²) in [6.07, 6.45) is 1.97. The quantitative estimate of drug-likeness (QED) is 0.346. The number of nitrogens with zero attached hydrogens (tertiary/aromatic N) is 1. The van der Waals surface area contributed by atoms with Gasteiger partial charge in [-0.15, -0.1) is 11.3 Å². The van der Waals surface area contributed by atoms with E-state index in [-0.39, 0.29) is 0 Å². The third kappa shape index (κ3) is 2.43. The lowest BCUT2D eigenvalue weighted by Crippen LogP contribution is -1.85. The second-order valence-corrected chi connectivity index (χ2v) is 7.13. The molecule has 0 amide bonds. The summed E-state index contributed by atoms with van der Waals surface area (Å²) >= 11 is 1.84. The molecular weight excluding hydrogens is 322 g/mol. The number of benzene rings is 3. The van der Waals surface area contributed by atoms with Gasteiger partial charge >= 0.3 is 0 Å². The fourth-order valence-corrected chi connectivity index (χ4v) is 4.53. The van der Waals surface area contributed by atoms with Crippen molar-refractivity contribution in [2.75, 3.05) is 0 Å². The standard InChI is InChI=1S/C23H15NS/c1-2-7-16(8-3-1)17-13-14-21(24-15-17)20-11-6-10-19-18-9-4-5-12-22(18)25-23(19)20/h1-15H. The van der Waals surface area contributed by atoms with Crippen molar-refractivity contribution in [1.82, 2.24) is 4.98 Å². The highest BCUT2D eigenvalue weighted by Gasteiger charge is 2.10. The van der Waals surface area contributed by atoms with Crippen molar-refractivity contribution >= 4 is 31.5 Å². The lowest BCUT2D eigenvalue weighted by atomic mass is 10.0. The van der Waals surface area contributed by atoms with E-state index < -0.39 is 0 Å². The van der Waals surface area contributed by atoms with Crippen LogP contribution >= 0.6 is 11.3 Å². The minimum Gasteiger partial charge on any atom is -0.256 e. The normalized spacial score (nSPS) is 11.2. The van der Waals surface area contributed by atoms with E-state index in [0.717, 1.165) is 11.3 Å². The zero-order chi connectivity index (χ0) is 16.6. The van der Waals surface area contributed by atoms with Gasteiger partial charge in [-0.25, -0.2) is 0 Å². The number of aromatic nitrogens is 1. The van der Waals surface area contributed by atoms with E-state index >= 15 is 0 Å². The Kier molecular flexibility index (Phi) is 3.36. The molecule has 2 heteroatoms. The monoisotopic (exact) mass is 337 g/mol. The fourth-order valence-electron chi connectivity index (χ4n) is 3.30. The summed E-state index contributed by atoms with van der Waals surface area (Å²) in [7, 11) is 0. The van der Waals surface area contributed by atoms with E-state index in [1.165, 1.54) is 31.3 Å². The van der Waals surface area contributed by atoms with Gasteiger partial charge < -0.3 is 0 Å². The number of hydrogen-bond donors (Lipinski definition) is 0. The van der Waals surface area contributed by atoms with E-state index in [1.807, 2.05) is 23.6 Å². The first kappa shape index (κ1) is 14.4. The molecule has 118 valence electrons. The SMILES string of the molecule is c1ccc(-c2ccc(-c3cccc4c3sc3ccccc34)nc2)cc1. The van der Waals surface area contributed by atoms with Crippen LogP contribution in [0.15, 0.2) is 91.1 Å². The van der Waals surface area contributed by atoms with E-state index in [9.17, 15) is 0 Å². The van der Waals surface area contributed by atoms with Crippen LogP contribution in [0.5, 0.6) is 0 Å². The molecule has 5 aromatic rings. The number of fused-ring (bicyclic) bond motifs is 3. The average Bonchev–Trinajstić information content (AvgIpc) is 3.08. The van der Waals surface area contributed by atoms with Gasteiger partial charge in [0, 0.05) is 37.5 Å². The molecule has 0 aliphatic carbocycles. The third-order valence-corrected chi connectivity index (χ3v) is 5.77. The highest BCUT2D eigenvalue weighted by molar-refractivity contribution is 7.26. The summed E-state index contributed by atoms with van der Waals surface area (Å²) < 4.78 is 2.63. The fraction of sp³-hybridized carbons (Fsp3) is 0. The van der Waals surface area contributed by atoms with Crippen molar-refractivity contribution < 1.29 is 0 Å². The molecule has 0 spiro atoms. The van der Waals surface area contributed by atoms with Gasteiger partial charge in [0.1, 0.15) is 0 Å². The summed E-state index contributed by atoms with van der Waals surface area (Å²) in [5.41, 5.74) is 4.57. The Labute approximate surface area is 150 Å². The maximum Gasteiger partial charge on any atom is 0.0716 e. The van der Waals surface area contributed by atoms with Crippen molar-refractivity contribution in [3.63, 3.8) is 0 Å². The van der Waals surface area contributed by atoms with Crippen LogP contribution in [0, 0.1) is 0 Å². The van der Waals surface area contributed by atoms with Crippen LogP contribution in [0.25, 0.3) is 42.6 Å². The van der Waals surface area contributed by atoms with Gasteiger partial charge in [0.25, 0.3) is 0 Å². The zero-order valence-corrected chi connectivity index (χ0v) is 14.3. The zero-order valence-electron chi connectivity index (χ0n) is 13.5. The van der Waals surface area contributed by atoms with Gasteiger partial charge in [-0.05, 0) is 17.7 Å². The number of pyridine rings is 1. The molecule has 0 aliphatic rings. The molecule has 1 nitrogen and oxygen atoms in total. The predicted molar refractivity (Wildman–Crippen MR) is 108 cm³/mol. The molecule has 0 radical (unpaired) electrons. The predicted octanol–water partition coefficient (Wildman–Crippen LogP) is 6.78. The maximum atomic E-state index is 4.75. The molecule has 0 saturated carbocycles. The molecule has 0 N–H and O–H groups in total. The molecule has 25 heavy (non-hydrogen) atoms. The van der Waals surface area contributed by atoms with Crippen molar-refractivity contribution in [2.45, 2.75) is 0 Å². The van der Waals surface area contributed by atoms with Crippen LogP contribution in [0.3, 0.4) is 0 Å². The van der Waals surface area contributed by atoms with Crippen molar-refractivity contribution in [3.8, 4) is 22.4 Å². The van der Waals surface area contributed by atoms with Crippen molar-refractivity contribution in [2.24, 2.45) is 0 Å². The molecule has 0 unspecified atom stereocenters. The summed E-state index contributed by atoms with van der Waals surface area (Å²) in [5.74, 6) is 0. The number of thiophene rings is 1. The molecule has 5 rings (SSSR count). The van der Waals surface area contributed by atoms with Crippen LogP contribution in [0.1, 0.15) is 0 Å². The van der Waals surface area contributed by atoms with Crippen LogP contribution in [0.2, 0.25) is 0 Å². The smallest absolute Gasteiger partial charge is 0.0716 e. The topological polar surface area (TPSA) is 12.9 Å². The van der Waals surface area contributed by atoms with Gasteiger partial charge in [-0.3, -0.25) is 4.98 Å². The minimum atomic E-state index is 1.02. The number of rotatable bonds is 2. The largest absolute Gasteiger partial charge is 0.256 e. The lowest BCUT2D eigenvalue weighted by molar-refractivity contribution is 1.33. The minimum absolute atomic E-state index is 1.02. The summed E-state index contributed by atoms with van der Waals surface area (Å²) in [6.45, 7) is 0. The Balaban J connectivity index is 1.66. The molecule has 0 bridgehead atoms. The molecule has 0 atom stereocenters. The van der Waals surface area contributed by atoms with Crippen LogP contribution in [-0.4, -0.2) is 4.98 Å². The Morgan fingerprint density at radius 3 is 2.24 bits per heavy atom. The van der Waals surface area contributed by atoms with Crippen LogP contribution < -0.4 is 0 Å².